The van der Waals surface area contributed by atoms with Crippen LogP contribution >= 0.6 is 0 Å². The van der Waals surface area contributed by atoms with Crippen LogP contribution in [0.5, 0.6) is 0 Å². The molecule has 1 amide bonds. The number of halogens is 1. The Morgan fingerprint density at radius 2 is 2.14 bits per heavy atom. The van der Waals surface area contributed by atoms with Crippen molar-refractivity contribution in [3.63, 3.8) is 0 Å². The fourth-order valence-electron chi connectivity index (χ4n) is 4.24. The highest BCUT2D eigenvalue weighted by atomic mass is 19.1. The third-order valence-electron chi connectivity index (χ3n) is 5.71. The number of rotatable bonds is 2. The van der Waals surface area contributed by atoms with Crippen molar-refractivity contribution in [2.45, 2.75) is 44.6 Å². The number of hydrogen-bond donors (Lipinski definition) is 1. The summed E-state index contributed by atoms with van der Waals surface area (Å²) in [5, 5.41) is 4.09. The lowest BCUT2D eigenvalue weighted by Gasteiger charge is -2.37. The Hall–Kier alpha value is -3.03. The number of aryl methyl sites for hydroxylation is 2. The van der Waals surface area contributed by atoms with Gasteiger partial charge in [0, 0.05) is 18.8 Å². The largest absolute Gasteiger partial charge is 0.358 e. The summed E-state index contributed by atoms with van der Waals surface area (Å²) >= 11 is 0. The smallest absolute Gasteiger partial charge is 0.255 e. The van der Waals surface area contributed by atoms with Crippen LogP contribution in [0.25, 0.3) is 11.5 Å². The summed E-state index contributed by atoms with van der Waals surface area (Å²) in [5.74, 6) is 0.441. The van der Waals surface area contributed by atoms with E-state index >= 15 is 0 Å². The molecule has 0 aliphatic carbocycles. The minimum absolute atomic E-state index is 0.00698. The van der Waals surface area contributed by atoms with E-state index in [-0.39, 0.29) is 17.9 Å². The molecule has 0 unspecified atom stereocenters. The van der Waals surface area contributed by atoms with E-state index in [0.29, 0.717) is 35.9 Å². The molecule has 1 N–H and O–H groups in total. The normalized spacial score (nSPS) is 21.9. The van der Waals surface area contributed by atoms with Gasteiger partial charge in [0.25, 0.3) is 5.91 Å². The maximum Gasteiger partial charge on any atom is 0.255 e. The van der Waals surface area contributed by atoms with Gasteiger partial charge < -0.3 is 14.4 Å². The minimum atomic E-state index is -0.540. The van der Waals surface area contributed by atoms with E-state index in [9.17, 15) is 9.18 Å². The van der Waals surface area contributed by atoms with Crippen LogP contribution in [0.3, 0.4) is 0 Å². The zero-order valence-corrected chi connectivity index (χ0v) is 15.5. The maximum absolute atomic E-state index is 13.5. The number of carbonyl (C=O) groups is 1. The molecule has 1 fully saturated rings. The fourth-order valence-corrected chi connectivity index (χ4v) is 4.24. The van der Waals surface area contributed by atoms with E-state index in [0.717, 1.165) is 30.5 Å². The van der Waals surface area contributed by atoms with Crippen LogP contribution in [0.2, 0.25) is 0 Å². The van der Waals surface area contributed by atoms with E-state index in [1.807, 2.05) is 24.1 Å². The molecule has 0 aromatic carbocycles. The molecule has 144 valence electrons. The molecule has 5 rings (SSSR count). The van der Waals surface area contributed by atoms with Crippen molar-refractivity contribution in [3.8, 4) is 11.5 Å². The van der Waals surface area contributed by atoms with E-state index in [4.69, 9.17) is 4.52 Å². The molecular weight excluding hydrogens is 361 g/mol. The van der Waals surface area contributed by atoms with Crippen LogP contribution in [0.1, 0.15) is 52.7 Å². The Bertz CT molecular complexity index is 1040. The van der Waals surface area contributed by atoms with Gasteiger partial charge in [0.1, 0.15) is 0 Å². The van der Waals surface area contributed by atoms with Crippen LogP contribution in [0.4, 0.5) is 4.39 Å². The highest BCUT2D eigenvalue weighted by Crippen LogP contribution is 2.35. The number of pyridine rings is 1. The van der Waals surface area contributed by atoms with E-state index in [1.165, 1.54) is 6.07 Å². The number of nitrogens with one attached hydrogen (secondary N) is 1. The molecule has 7 nitrogen and oxygen atoms in total. The zero-order valence-electron chi connectivity index (χ0n) is 15.5. The summed E-state index contributed by atoms with van der Waals surface area (Å²) in [6.07, 6.45) is 5.02. The number of aromatic nitrogens is 4. The molecule has 0 spiro atoms. The van der Waals surface area contributed by atoms with Gasteiger partial charge >= 0.3 is 0 Å². The van der Waals surface area contributed by atoms with Gasteiger partial charge in [0.05, 0.1) is 22.9 Å². The number of hydrogen-bond acceptors (Lipinski definition) is 5. The number of carbonyl (C=O) groups excluding carboxylic acids is 1. The highest BCUT2D eigenvalue weighted by Gasteiger charge is 2.37. The average Bonchev–Trinajstić information content (AvgIpc) is 3.32. The summed E-state index contributed by atoms with van der Waals surface area (Å²) in [6, 6.07) is 4.90. The first-order chi connectivity index (χ1) is 13.6. The molecular formula is C20H20FN5O2. The van der Waals surface area contributed by atoms with Crippen LogP contribution in [-0.4, -0.2) is 43.5 Å². The lowest BCUT2D eigenvalue weighted by Crippen LogP contribution is -2.45. The van der Waals surface area contributed by atoms with Crippen molar-refractivity contribution >= 4 is 5.91 Å². The predicted octanol–water partition coefficient (Wildman–Crippen LogP) is 3.24. The molecule has 3 aromatic heterocycles. The van der Waals surface area contributed by atoms with Crippen molar-refractivity contribution in [3.05, 3.63) is 53.1 Å². The van der Waals surface area contributed by atoms with E-state index in [2.05, 4.69) is 20.1 Å². The van der Waals surface area contributed by atoms with Gasteiger partial charge in [-0.3, -0.25) is 4.79 Å². The number of amides is 1. The molecule has 0 saturated carbocycles. The van der Waals surface area contributed by atoms with Crippen molar-refractivity contribution in [2.75, 3.05) is 6.54 Å². The topological polar surface area (TPSA) is 87.9 Å². The summed E-state index contributed by atoms with van der Waals surface area (Å²) in [7, 11) is 0. The lowest BCUT2D eigenvalue weighted by molar-refractivity contribution is 0.0570. The fraction of sp³-hybridized carbons (Fsp3) is 0.400. The first kappa shape index (κ1) is 17.1. The van der Waals surface area contributed by atoms with Gasteiger partial charge in [-0.25, -0.2) is 4.98 Å². The Morgan fingerprint density at radius 1 is 1.25 bits per heavy atom. The molecule has 1 saturated heterocycles. The van der Waals surface area contributed by atoms with Crippen LogP contribution in [0, 0.1) is 12.9 Å². The molecule has 0 radical (unpaired) electrons. The van der Waals surface area contributed by atoms with E-state index in [1.54, 1.807) is 6.07 Å². The second kappa shape index (κ2) is 6.54. The second-order valence-corrected chi connectivity index (χ2v) is 7.60. The van der Waals surface area contributed by atoms with Gasteiger partial charge in [0.2, 0.25) is 17.7 Å². The number of H-pyrrole nitrogens is 1. The van der Waals surface area contributed by atoms with E-state index < -0.39 is 5.95 Å². The minimum Gasteiger partial charge on any atom is -0.358 e. The summed E-state index contributed by atoms with van der Waals surface area (Å²) in [6.45, 7) is 2.51. The molecule has 2 atom stereocenters. The number of piperidine rings is 1. The molecule has 2 aliphatic rings. The number of nitrogens with zero attached hydrogens (tertiary/aromatic N) is 4. The molecule has 28 heavy (non-hydrogen) atoms. The Balaban J connectivity index is 1.40. The van der Waals surface area contributed by atoms with Crippen LogP contribution in [-0.2, 0) is 6.42 Å². The van der Waals surface area contributed by atoms with Gasteiger partial charge in [-0.2, -0.15) is 9.37 Å². The van der Waals surface area contributed by atoms with Crippen molar-refractivity contribution in [2.24, 2.45) is 0 Å². The Kier molecular flexibility index (Phi) is 3.99. The second-order valence-electron chi connectivity index (χ2n) is 7.60. The van der Waals surface area contributed by atoms with Crippen molar-refractivity contribution in [1.29, 1.82) is 0 Å². The SMILES string of the molecule is Cc1c[nH]c(-c2noc([C@H]3CC[C@H]4CCc5nc(F)ccc5C(=O)N4C3)n2)c1. The third-order valence-corrected chi connectivity index (χ3v) is 5.71. The lowest BCUT2D eigenvalue weighted by atomic mass is 9.91. The maximum atomic E-state index is 13.5. The standard InChI is InChI=1S/C20H20FN5O2/c1-11-8-16(22-9-11)18-24-19(28-25-18)12-2-3-13-4-6-15-14(5-7-17(21)23-15)20(27)26(13)10-12/h5,7-9,12-13,22H,2-4,6,10H2,1H3/t12-,13-/m0/s1. The van der Waals surface area contributed by atoms with Gasteiger partial charge in [0.15, 0.2) is 0 Å². The first-order valence-electron chi connectivity index (χ1n) is 9.54. The first-order valence-corrected chi connectivity index (χ1v) is 9.54. The monoisotopic (exact) mass is 381 g/mol. The van der Waals surface area contributed by atoms with Crippen molar-refractivity contribution < 1.29 is 13.7 Å². The highest BCUT2D eigenvalue weighted by molar-refractivity contribution is 5.96. The zero-order chi connectivity index (χ0) is 19.3. The Labute approximate surface area is 161 Å². The van der Waals surface area contributed by atoms with Crippen LogP contribution in [0.15, 0.2) is 28.9 Å². The Morgan fingerprint density at radius 3 is 2.96 bits per heavy atom. The molecule has 2 aliphatic heterocycles. The summed E-state index contributed by atoms with van der Waals surface area (Å²) in [5.41, 5.74) is 2.96. The molecule has 8 heteroatoms. The van der Waals surface area contributed by atoms with Gasteiger partial charge in [-0.05, 0) is 56.4 Å². The number of aromatic amines is 1. The van der Waals surface area contributed by atoms with Gasteiger partial charge in [-0.1, -0.05) is 5.16 Å². The molecule has 0 bridgehead atoms. The summed E-state index contributed by atoms with van der Waals surface area (Å²) < 4.78 is 19.0. The molecule has 3 aromatic rings. The average molecular weight is 381 g/mol. The van der Waals surface area contributed by atoms with Crippen molar-refractivity contribution in [1.82, 2.24) is 25.0 Å². The quantitative estimate of drug-likeness (QED) is 0.689. The number of fused-ring (bicyclic) bond motifs is 2. The van der Waals surface area contributed by atoms with Gasteiger partial charge in [-0.15, -0.1) is 0 Å². The summed E-state index contributed by atoms with van der Waals surface area (Å²) in [4.78, 5) is 26.6. The third kappa shape index (κ3) is 2.89. The molecule has 5 heterocycles. The van der Waals surface area contributed by atoms with Crippen LogP contribution < -0.4 is 0 Å². The predicted molar refractivity (Wildman–Crippen MR) is 98.1 cm³/mol.